The molecule has 0 fully saturated rings. The third-order valence-corrected chi connectivity index (χ3v) is 4.78. The van der Waals surface area contributed by atoms with Crippen LogP contribution in [-0.2, 0) is 9.53 Å². The summed E-state index contributed by atoms with van der Waals surface area (Å²) in [5, 5.41) is 3.27. The van der Waals surface area contributed by atoms with Crippen LogP contribution >= 0.6 is 12.2 Å². The predicted molar refractivity (Wildman–Crippen MR) is 103 cm³/mol. The first-order valence-electron chi connectivity index (χ1n) is 8.96. The van der Waals surface area contributed by atoms with Crippen LogP contribution in [0.4, 0.5) is 8.78 Å². The summed E-state index contributed by atoms with van der Waals surface area (Å²) in [4.78, 5) is 15.7. The van der Waals surface area contributed by atoms with Crippen molar-refractivity contribution in [3.63, 3.8) is 0 Å². The third-order valence-electron chi connectivity index (χ3n) is 4.44. The fraction of sp³-hybridized carbons (Fsp3) is 0.474. The van der Waals surface area contributed by atoms with Crippen molar-refractivity contribution < 1.29 is 23.2 Å². The summed E-state index contributed by atoms with van der Waals surface area (Å²) in [6.07, 6.45) is 0.844. The molecule has 1 aromatic carbocycles. The summed E-state index contributed by atoms with van der Waals surface area (Å²) in [5.41, 5.74) is 0.491. The monoisotopic (exact) mass is 398 g/mol. The van der Waals surface area contributed by atoms with Crippen LogP contribution in [0.3, 0.4) is 0 Å². The minimum atomic E-state index is -1.03. The van der Waals surface area contributed by atoms with Gasteiger partial charge in [0.05, 0.1) is 44.4 Å². The van der Waals surface area contributed by atoms with Gasteiger partial charge in [0.1, 0.15) is 11.6 Å². The van der Waals surface area contributed by atoms with Crippen LogP contribution in [0, 0.1) is 11.6 Å². The van der Waals surface area contributed by atoms with E-state index in [1.165, 1.54) is 11.0 Å². The topological polar surface area (TPSA) is 46.0 Å². The highest BCUT2D eigenvalue weighted by Crippen LogP contribution is 2.34. The van der Waals surface area contributed by atoms with E-state index < -0.39 is 23.6 Å². The Morgan fingerprint density at radius 3 is 2.52 bits per heavy atom. The Balaban J connectivity index is 2.47. The van der Waals surface area contributed by atoms with Gasteiger partial charge in [-0.3, -0.25) is 0 Å². The van der Waals surface area contributed by atoms with Crippen LogP contribution in [0.15, 0.2) is 29.5 Å². The van der Waals surface area contributed by atoms with Crippen LogP contribution in [0.1, 0.15) is 31.9 Å². The largest absolute Gasteiger partial charge is 0.463 e. The second-order valence-corrected chi connectivity index (χ2v) is 7.09. The predicted octanol–water partition coefficient (Wildman–Crippen LogP) is 1.57. The molecule has 2 rings (SSSR count). The number of hydrogen-bond donors (Lipinski definition) is 2. The minimum absolute atomic E-state index is 0.163. The Morgan fingerprint density at radius 2 is 1.96 bits per heavy atom. The second kappa shape index (κ2) is 9.23. The highest BCUT2D eigenvalue weighted by molar-refractivity contribution is 7.80. The number of allylic oxidation sites excluding steroid dienone is 1. The molecule has 1 aliphatic heterocycles. The lowest BCUT2D eigenvalue weighted by Crippen LogP contribution is -3.05. The van der Waals surface area contributed by atoms with E-state index in [2.05, 4.69) is 19.4 Å². The van der Waals surface area contributed by atoms with E-state index in [9.17, 15) is 13.6 Å². The van der Waals surface area contributed by atoms with E-state index in [1.807, 2.05) is 0 Å². The quantitative estimate of drug-likeness (QED) is 0.539. The average molecular weight is 398 g/mol. The first kappa shape index (κ1) is 21.2. The van der Waals surface area contributed by atoms with Crippen LogP contribution in [-0.4, -0.2) is 49.8 Å². The smallest absolute Gasteiger partial charge is 0.338 e. The van der Waals surface area contributed by atoms with Gasteiger partial charge < -0.3 is 19.9 Å². The van der Waals surface area contributed by atoms with E-state index in [1.54, 1.807) is 18.7 Å². The molecular formula is C19H26F2N3O2S+. The summed E-state index contributed by atoms with van der Waals surface area (Å²) in [7, 11) is 4.10. The number of benzene rings is 1. The second-order valence-electron chi connectivity index (χ2n) is 6.70. The number of esters is 1. The maximum Gasteiger partial charge on any atom is 0.338 e. The SMILES string of the molecule is CCOC(=O)C1=C(C)N(CCC[NH+](C)C)C(=S)N[C@H]1c1c(F)cccc1F. The molecule has 5 nitrogen and oxygen atoms in total. The Hall–Kier alpha value is -2.06. The molecule has 0 saturated carbocycles. The molecule has 1 aromatic rings. The Kier molecular flexibility index (Phi) is 7.26. The van der Waals surface area contributed by atoms with Crippen LogP contribution < -0.4 is 10.2 Å². The van der Waals surface area contributed by atoms with Gasteiger partial charge in [0.2, 0.25) is 0 Å². The molecule has 0 aliphatic carbocycles. The van der Waals surface area contributed by atoms with Crippen molar-refractivity contribution in [3.05, 3.63) is 46.7 Å². The molecule has 1 aliphatic rings. The summed E-state index contributed by atoms with van der Waals surface area (Å²) in [6, 6.07) is 2.57. The Morgan fingerprint density at radius 1 is 1.33 bits per heavy atom. The Bertz CT molecular complexity index is 732. The number of thiocarbonyl (C=S) groups is 1. The summed E-state index contributed by atoms with van der Waals surface area (Å²) >= 11 is 5.43. The van der Waals surface area contributed by atoms with Crippen molar-refractivity contribution in [1.82, 2.24) is 10.2 Å². The molecule has 0 aromatic heterocycles. The molecule has 0 unspecified atom stereocenters. The number of ether oxygens (including phenoxy) is 1. The zero-order chi connectivity index (χ0) is 20.1. The number of nitrogens with one attached hydrogen (secondary N) is 2. The normalized spacial score (nSPS) is 17.4. The molecule has 0 saturated heterocycles. The maximum absolute atomic E-state index is 14.4. The standard InChI is InChI=1S/C19H25F2N3O2S/c1-5-26-18(25)15-12(2)24(11-7-10-23(3)4)19(27)22-17(15)16-13(20)8-6-9-14(16)21/h6,8-9,17H,5,7,10-11H2,1-4H3,(H,22,27)/p+1/t17-/m1/s1. The van der Waals surface area contributed by atoms with Gasteiger partial charge >= 0.3 is 5.97 Å². The zero-order valence-corrected chi connectivity index (χ0v) is 16.9. The van der Waals surface area contributed by atoms with Gasteiger partial charge in [-0.1, -0.05) is 6.07 Å². The highest BCUT2D eigenvalue weighted by atomic mass is 32.1. The molecule has 148 valence electrons. The summed E-state index contributed by atoms with van der Waals surface area (Å²) in [6.45, 7) is 5.10. The molecule has 1 heterocycles. The van der Waals surface area contributed by atoms with Crippen molar-refractivity contribution in [1.29, 1.82) is 0 Å². The zero-order valence-electron chi connectivity index (χ0n) is 16.1. The number of carbonyl (C=O) groups is 1. The number of rotatable bonds is 7. The minimum Gasteiger partial charge on any atom is -0.463 e. The van der Waals surface area contributed by atoms with Crippen molar-refractivity contribution in [2.75, 3.05) is 33.8 Å². The van der Waals surface area contributed by atoms with E-state index in [4.69, 9.17) is 17.0 Å². The lowest BCUT2D eigenvalue weighted by atomic mass is 9.94. The van der Waals surface area contributed by atoms with Crippen molar-refractivity contribution in [2.45, 2.75) is 26.3 Å². The van der Waals surface area contributed by atoms with Gasteiger partial charge in [-0.15, -0.1) is 0 Å². The first-order valence-corrected chi connectivity index (χ1v) is 9.37. The average Bonchev–Trinajstić information content (AvgIpc) is 2.57. The van der Waals surface area contributed by atoms with Crippen molar-refractivity contribution in [3.8, 4) is 0 Å². The van der Waals surface area contributed by atoms with Gasteiger partial charge in [-0.2, -0.15) is 0 Å². The lowest BCUT2D eigenvalue weighted by Gasteiger charge is -2.37. The van der Waals surface area contributed by atoms with Crippen molar-refractivity contribution >= 4 is 23.3 Å². The van der Waals surface area contributed by atoms with E-state index in [-0.39, 0.29) is 17.7 Å². The molecule has 8 heteroatoms. The number of halogens is 2. The number of carbonyl (C=O) groups excluding carboxylic acids is 1. The van der Waals surface area contributed by atoms with Gasteiger partial charge in [0, 0.05) is 18.7 Å². The summed E-state index contributed by atoms with van der Waals surface area (Å²) < 4.78 is 33.9. The Labute approximate surface area is 164 Å². The first-order chi connectivity index (χ1) is 12.8. The fourth-order valence-electron chi connectivity index (χ4n) is 3.12. The summed E-state index contributed by atoms with van der Waals surface area (Å²) in [5.74, 6) is -2.09. The number of hydrogen-bond acceptors (Lipinski definition) is 3. The molecular weight excluding hydrogens is 372 g/mol. The molecule has 0 amide bonds. The van der Waals surface area contributed by atoms with Crippen LogP contribution in [0.5, 0.6) is 0 Å². The molecule has 0 spiro atoms. The van der Waals surface area contributed by atoms with Gasteiger partial charge in [0.15, 0.2) is 5.11 Å². The maximum atomic E-state index is 14.4. The lowest BCUT2D eigenvalue weighted by molar-refractivity contribution is -0.858. The van der Waals surface area contributed by atoms with Gasteiger partial charge in [-0.25, -0.2) is 13.6 Å². The molecule has 0 bridgehead atoms. The van der Waals surface area contributed by atoms with Crippen molar-refractivity contribution in [2.24, 2.45) is 0 Å². The van der Waals surface area contributed by atoms with Gasteiger partial charge in [-0.05, 0) is 38.2 Å². The number of quaternary nitrogens is 1. The van der Waals surface area contributed by atoms with E-state index in [0.29, 0.717) is 17.4 Å². The molecule has 27 heavy (non-hydrogen) atoms. The van der Waals surface area contributed by atoms with Crippen LogP contribution in [0.25, 0.3) is 0 Å². The van der Waals surface area contributed by atoms with E-state index >= 15 is 0 Å². The third kappa shape index (κ3) is 4.81. The fourth-order valence-corrected chi connectivity index (χ4v) is 3.46. The molecule has 2 N–H and O–H groups in total. The number of nitrogens with zero attached hydrogens (tertiary/aromatic N) is 1. The van der Waals surface area contributed by atoms with Crippen LogP contribution in [0.2, 0.25) is 0 Å². The molecule has 1 atom stereocenters. The molecule has 0 radical (unpaired) electrons. The van der Waals surface area contributed by atoms with Gasteiger partial charge in [0.25, 0.3) is 0 Å². The highest BCUT2D eigenvalue weighted by Gasteiger charge is 2.37. The van der Waals surface area contributed by atoms with E-state index in [0.717, 1.165) is 25.1 Å².